The Morgan fingerprint density at radius 3 is 2.53 bits per heavy atom. The van der Waals surface area contributed by atoms with Gasteiger partial charge in [-0.25, -0.2) is 14.2 Å². The maximum absolute atomic E-state index is 13.6. The van der Waals surface area contributed by atoms with Gasteiger partial charge in [0.1, 0.15) is 11.2 Å². The minimum absolute atomic E-state index is 0.00445. The number of carbonyl (C=O) groups is 3. The number of nitrogens with two attached hydrogens (primary N) is 1. The molecule has 4 aliphatic rings. The van der Waals surface area contributed by atoms with Crippen molar-refractivity contribution in [3.63, 3.8) is 0 Å². The van der Waals surface area contributed by atoms with Gasteiger partial charge < -0.3 is 21.1 Å². The molecule has 2 atom stereocenters. The summed E-state index contributed by atoms with van der Waals surface area (Å²) in [6, 6.07) is 1.77. The highest BCUT2D eigenvalue weighted by Crippen LogP contribution is 2.57. The maximum atomic E-state index is 13.6. The summed E-state index contributed by atoms with van der Waals surface area (Å²) in [5.41, 5.74) is 4.50. The SMILES string of the molecule is CNC(=O)C(C)(C)/C=C/n1ncc(C(=O)NC2C3CC4CC2CC(OC(N)=O)(C4)C3)c1-n1cccn1. The number of rotatable bonds is 7. The molecule has 6 rings (SSSR count). The number of primary amides is 1. The van der Waals surface area contributed by atoms with Gasteiger partial charge in [0.2, 0.25) is 5.91 Å². The van der Waals surface area contributed by atoms with Gasteiger partial charge in [-0.05, 0) is 69.8 Å². The van der Waals surface area contributed by atoms with Gasteiger partial charge >= 0.3 is 6.09 Å². The van der Waals surface area contributed by atoms with Gasteiger partial charge in [-0.3, -0.25) is 9.59 Å². The predicted octanol–water partition coefficient (Wildman–Crippen LogP) is 2.08. The lowest BCUT2D eigenvalue weighted by Crippen LogP contribution is -2.63. The molecule has 2 unspecified atom stereocenters. The molecule has 4 saturated carbocycles. The summed E-state index contributed by atoms with van der Waals surface area (Å²) in [6.07, 6.45) is 11.9. The molecule has 2 aromatic heterocycles. The van der Waals surface area contributed by atoms with Gasteiger partial charge in [0.05, 0.1) is 11.6 Å². The van der Waals surface area contributed by atoms with Crippen molar-refractivity contribution in [2.45, 2.75) is 57.6 Å². The van der Waals surface area contributed by atoms with Crippen molar-refractivity contribution < 1.29 is 19.1 Å². The first-order valence-corrected chi connectivity index (χ1v) is 12.4. The van der Waals surface area contributed by atoms with Crippen LogP contribution < -0.4 is 16.4 Å². The van der Waals surface area contributed by atoms with Crippen LogP contribution in [-0.2, 0) is 9.53 Å². The third kappa shape index (κ3) is 4.27. The van der Waals surface area contributed by atoms with Gasteiger partial charge in [-0.15, -0.1) is 0 Å². The van der Waals surface area contributed by atoms with E-state index in [0.29, 0.717) is 17.3 Å². The molecule has 4 bridgehead atoms. The van der Waals surface area contributed by atoms with Crippen LogP contribution in [0.3, 0.4) is 0 Å². The molecule has 11 nitrogen and oxygen atoms in total. The Morgan fingerprint density at radius 2 is 1.92 bits per heavy atom. The van der Waals surface area contributed by atoms with E-state index in [2.05, 4.69) is 20.8 Å². The lowest BCUT2D eigenvalue weighted by atomic mass is 9.52. The number of aromatic nitrogens is 4. The van der Waals surface area contributed by atoms with Crippen LogP contribution in [0.15, 0.2) is 30.7 Å². The molecule has 4 N–H and O–H groups in total. The molecule has 4 fully saturated rings. The summed E-state index contributed by atoms with van der Waals surface area (Å²) in [5.74, 6) is 1.08. The van der Waals surface area contributed by atoms with E-state index in [9.17, 15) is 14.4 Å². The zero-order valence-corrected chi connectivity index (χ0v) is 20.8. The van der Waals surface area contributed by atoms with Crippen LogP contribution in [0, 0.1) is 23.2 Å². The number of hydrogen-bond donors (Lipinski definition) is 3. The number of hydrogen-bond acceptors (Lipinski definition) is 6. The second-order valence-electron chi connectivity index (χ2n) is 11.0. The van der Waals surface area contributed by atoms with Crippen LogP contribution in [0.4, 0.5) is 4.79 Å². The molecule has 11 heteroatoms. The number of carbonyl (C=O) groups excluding carboxylic acids is 3. The van der Waals surface area contributed by atoms with Gasteiger partial charge in [0, 0.05) is 31.7 Å². The average Bonchev–Trinajstić information content (AvgIpc) is 3.47. The van der Waals surface area contributed by atoms with Crippen molar-refractivity contribution in [1.82, 2.24) is 30.2 Å². The first-order chi connectivity index (χ1) is 17.1. The van der Waals surface area contributed by atoms with E-state index < -0.39 is 17.1 Å². The Bertz CT molecular complexity index is 1180. The molecule has 0 saturated heterocycles. The van der Waals surface area contributed by atoms with Gasteiger partial charge in [-0.1, -0.05) is 6.08 Å². The summed E-state index contributed by atoms with van der Waals surface area (Å²) in [7, 11) is 1.59. The Balaban J connectivity index is 1.39. The molecular weight excluding hydrogens is 462 g/mol. The van der Waals surface area contributed by atoms with E-state index in [1.165, 1.54) is 6.20 Å². The molecule has 3 amide bonds. The van der Waals surface area contributed by atoms with Crippen LogP contribution in [0.1, 0.15) is 56.3 Å². The fraction of sp³-hybridized carbons (Fsp3) is 0.560. The summed E-state index contributed by atoms with van der Waals surface area (Å²) >= 11 is 0. The Morgan fingerprint density at radius 1 is 1.19 bits per heavy atom. The first-order valence-electron chi connectivity index (χ1n) is 12.4. The maximum Gasteiger partial charge on any atom is 0.405 e. The van der Waals surface area contributed by atoms with Crippen LogP contribution in [0.5, 0.6) is 0 Å². The normalized spacial score (nSPS) is 28.9. The Kier molecular flexibility index (Phi) is 5.88. The van der Waals surface area contributed by atoms with Crippen molar-refractivity contribution in [2.75, 3.05) is 7.05 Å². The smallest absolute Gasteiger partial charge is 0.405 e. The van der Waals surface area contributed by atoms with E-state index in [1.54, 1.807) is 61.0 Å². The highest BCUT2D eigenvalue weighted by Gasteiger charge is 2.57. The van der Waals surface area contributed by atoms with E-state index in [4.69, 9.17) is 10.5 Å². The highest BCUT2D eigenvalue weighted by atomic mass is 16.6. The van der Waals surface area contributed by atoms with Crippen molar-refractivity contribution in [3.05, 3.63) is 36.3 Å². The topological polar surface area (TPSA) is 146 Å². The molecule has 4 aliphatic carbocycles. The molecule has 0 aromatic carbocycles. The molecule has 36 heavy (non-hydrogen) atoms. The van der Waals surface area contributed by atoms with Crippen molar-refractivity contribution >= 4 is 24.1 Å². The van der Waals surface area contributed by atoms with E-state index in [-0.39, 0.29) is 29.7 Å². The minimum Gasteiger partial charge on any atom is -0.443 e. The largest absolute Gasteiger partial charge is 0.443 e. The third-order valence-electron chi connectivity index (χ3n) is 8.01. The molecule has 192 valence electrons. The van der Waals surface area contributed by atoms with Crippen LogP contribution >= 0.6 is 0 Å². The monoisotopic (exact) mass is 495 g/mol. The predicted molar refractivity (Wildman–Crippen MR) is 131 cm³/mol. The zero-order chi connectivity index (χ0) is 25.7. The quantitative estimate of drug-likeness (QED) is 0.536. The fourth-order valence-electron chi connectivity index (χ4n) is 6.66. The number of ether oxygens (including phenoxy) is 1. The summed E-state index contributed by atoms with van der Waals surface area (Å²) in [5, 5.41) is 14.7. The average molecular weight is 496 g/mol. The molecule has 0 radical (unpaired) electrons. The molecule has 0 aliphatic heterocycles. The fourth-order valence-corrected chi connectivity index (χ4v) is 6.66. The zero-order valence-electron chi connectivity index (χ0n) is 20.8. The third-order valence-corrected chi connectivity index (χ3v) is 8.01. The van der Waals surface area contributed by atoms with Gasteiger partial charge in [0.15, 0.2) is 5.82 Å². The molecular formula is C25H33N7O4. The van der Waals surface area contributed by atoms with Crippen LogP contribution in [-0.4, -0.2) is 56.2 Å². The lowest BCUT2D eigenvalue weighted by Gasteiger charge is -2.58. The van der Waals surface area contributed by atoms with Crippen molar-refractivity contribution in [1.29, 1.82) is 0 Å². The minimum atomic E-state index is -0.770. The highest BCUT2D eigenvalue weighted by molar-refractivity contribution is 5.97. The number of amides is 3. The van der Waals surface area contributed by atoms with Gasteiger partial charge in [-0.2, -0.15) is 10.2 Å². The summed E-state index contributed by atoms with van der Waals surface area (Å²) in [6.45, 7) is 3.60. The number of nitrogens with zero attached hydrogens (tertiary/aromatic N) is 4. The van der Waals surface area contributed by atoms with Crippen LogP contribution in [0.2, 0.25) is 0 Å². The lowest BCUT2D eigenvalue weighted by molar-refractivity contribution is -0.137. The standard InChI is InChI=1S/C25H33N7O4/c1-24(2,22(34)27-3)5-8-32-21(31-7-4-6-28-31)18(14-29-32)20(33)30-19-16-9-15-10-17(19)13-25(11-15,12-16)36-23(26)35/h4-8,14-17,19H,9-13H2,1-3H3,(H2,26,35)(H,27,34)(H,30,33)/b8-5+. The van der Waals surface area contributed by atoms with Crippen molar-refractivity contribution in [3.8, 4) is 5.82 Å². The number of nitrogens with one attached hydrogen (secondary N) is 2. The van der Waals surface area contributed by atoms with Gasteiger partial charge in [0.25, 0.3) is 5.91 Å². The van der Waals surface area contributed by atoms with Crippen LogP contribution in [0.25, 0.3) is 12.0 Å². The Hall–Kier alpha value is -3.63. The second kappa shape index (κ2) is 8.79. The van der Waals surface area contributed by atoms with Crippen molar-refractivity contribution in [2.24, 2.45) is 28.9 Å². The van der Waals surface area contributed by atoms with E-state index in [1.807, 2.05) is 0 Å². The molecule has 2 aromatic rings. The molecule has 2 heterocycles. The second-order valence-corrected chi connectivity index (χ2v) is 11.0. The summed E-state index contributed by atoms with van der Waals surface area (Å²) < 4.78 is 8.75. The first kappa shape index (κ1) is 24.1. The summed E-state index contributed by atoms with van der Waals surface area (Å²) in [4.78, 5) is 37.3. The van der Waals surface area contributed by atoms with E-state index >= 15 is 0 Å². The molecule has 0 spiro atoms. The van der Waals surface area contributed by atoms with E-state index in [0.717, 1.165) is 32.1 Å². The Labute approximate surface area is 209 Å².